The van der Waals surface area contributed by atoms with Crippen LogP contribution in [0.2, 0.25) is 0 Å². The van der Waals surface area contributed by atoms with Crippen molar-refractivity contribution in [2.45, 2.75) is 71.4 Å². The molecule has 1 heterocycles. The normalized spacial score (nSPS) is 13.8. The molecule has 0 aliphatic carbocycles. The molecule has 1 fully saturated rings. The first-order valence-corrected chi connectivity index (χ1v) is 15.7. The van der Waals surface area contributed by atoms with Gasteiger partial charge < -0.3 is 35.1 Å². The summed E-state index contributed by atoms with van der Waals surface area (Å²) in [5.41, 5.74) is 1.79. The van der Waals surface area contributed by atoms with E-state index in [2.05, 4.69) is 27.8 Å². The average molecular weight is 603 g/mol. The zero-order valence-corrected chi connectivity index (χ0v) is 26.4. The molecule has 4 rings (SSSR count). The first kappa shape index (κ1) is 32.7. The van der Waals surface area contributed by atoms with Crippen LogP contribution in [0.15, 0.2) is 66.7 Å². The lowest BCUT2D eigenvalue weighted by molar-refractivity contribution is 0.0997. The van der Waals surface area contributed by atoms with Crippen LogP contribution in [-0.2, 0) is 0 Å². The van der Waals surface area contributed by atoms with Crippen molar-refractivity contribution in [2.75, 3.05) is 37.4 Å². The van der Waals surface area contributed by atoms with Gasteiger partial charge in [-0.25, -0.2) is 4.79 Å². The van der Waals surface area contributed by atoms with Crippen molar-refractivity contribution in [1.29, 1.82) is 0 Å². The van der Waals surface area contributed by atoms with Crippen LogP contribution in [0.5, 0.6) is 23.0 Å². The predicted octanol–water partition coefficient (Wildman–Crippen LogP) is 7.69. The number of anilines is 2. The average Bonchev–Trinajstić information content (AvgIpc) is 3.05. The first-order chi connectivity index (χ1) is 21.4. The number of rotatable bonds is 14. The molecule has 0 unspecified atom stereocenters. The van der Waals surface area contributed by atoms with Crippen LogP contribution < -0.4 is 30.2 Å². The van der Waals surface area contributed by atoms with E-state index in [9.17, 15) is 9.59 Å². The van der Waals surface area contributed by atoms with Crippen LogP contribution in [0.25, 0.3) is 0 Å². The van der Waals surface area contributed by atoms with Crippen molar-refractivity contribution in [1.82, 2.24) is 10.2 Å². The maximum atomic E-state index is 12.9. The molecule has 1 saturated heterocycles. The molecule has 1 aliphatic heterocycles. The molecular weight excluding hydrogens is 556 g/mol. The topological polar surface area (TPSA) is 101 Å². The van der Waals surface area contributed by atoms with Gasteiger partial charge in [-0.2, -0.15) is 0 Å². The third-order valence-corrected chi connectivity index (χ3v) is 7.86. The van der Waals surface area contributed by atoms with E-state index in [0.29, 0.717) is 34.2 Å². The van der Waals surface area contributed by atoms with Crippen LogP contribution in [0.1, 0.15) is 69.7 Å². The SMILES string of the molecule is CCCCN1CCC(Oc2ccc(NC(=O)c3ccc(Oc4ccc(NC(=O)NC(CC)CC)cc4OC)cc3)cc2)CC1. The molecule has 0 saturated carbocycles. The summed E-state index contributed by atoms with van der Waals surface area (Å²) in [5, 5.41) is 8.73. The molecule has 0 aromatic heterocycles. The van der Waals surface area contributed by atoms with Crippen LogP contribution in [-0.4, -0.2) is 55.7 Å². The number of amides is 3. The largest absolute Gasteiger partial charge is 0.493 e. The van der Waals surface area contributed by atoms with E-state index in [0.717, 1.165) is 44.5 Å². The quantitative estimate of drug-likeness (QED) is 0.175. The van der Waals surface area contributed by atoms with Crippen LogP contribution in [0.3, 0.4) is 0 Å². The van der Waals surface area contributed by atoms with Gasteiger partial charge in [0.15, 0.2) is 11.5 Å². The molecule has 44 heavy (non-hydrogen) atoms. The maximum Gasteiger partial charge on any atom is 0.319 e. The smallest absolute Gasteiger partial charge is 0.319 e. The molecular formula is C35H46N4O5. The van der Waals surface area contributed by atoms with Crippen LogP contribution in [0.4, 0.5) is 16.2 Å². The minimum atomic E-state index is -0.263. The fourth-order valence-corrected chi connectivity index (χ4v) is 5.12. The van der Waals surface area contributed by atoms with E-state index in [-0.39, 0.29) is 24.1 Å². The van der Waals surface area contributed by atoms with E-state index in [1.54, 1.807) is 49.6 Å². The van der Waals surface area contributed by atoms with Gasteiger partial charge in [-0.1, -0.05) is 27.2 Å². The number of carbonyl (C=O) groups is 2. The number of nitrogens with zero attached hydrogens (tertiary/aromatic N) is 1. The summed E-state index contributed by atoms with van der Waals surface area (Å²) in [6.07, 6.45) is 6.51. The fraction of sp³-hybridized carbons (Fsp3) is 0.429. The van der Waals surface area contributed by atoms with Crippen molar-refractivity contribution in [3.63, 3.8) is 0 Å². The Morgan fingerprint density at radius 2 is 1.50 bits per heavy atom. The van der Waals surface area contributed by atoms with Gasteiger partial charge in [-0.3, -0.25) is 4.79 Å². The lowest BCUT2D eigenvalue weighted by Crippen LogP contribution is -2.38. The highest BCUT2D eigenvalue weighted by atomic mass is 16.5. The molecule has 3 N–H and O–H groups in total. The summed E-state index contributed by atoms with van der Waals surface area (Å²) in [6.45, 7) is 9.64. The number of nitrogens with one attached hydrogen (secondary N) is 3. The molecule has 3 aromatic rings. The minimum Gasteiger partial charge on any atom is -0.493 e. The molecule has 3 aromatic carbocycles. The summed E-state index contributed by atoms with van der Waals surface area (Å²) < 4.78 is 17.7. The highest BCUT2D eigenvalue weighted by molar-refractivity contribution is 6.04. The number of piperidine rings is 1. The second-order valence-electron chi connectivity index (χ2n) is 11.1. The number of benzene rings is 3. The van der Waals surface area contributed by atoms with E-state index < -0.39 is 0 Å². The van der Waals surface area contributed by atoms with Crippen molar-refractivity contribution >= 4 is 23.3 Å². The van der Waals surface area contributed by atoms with Gasteiger partial charge in [0, 0.05) is 42.1 Å². The Balaban J connectivity index is 1.27. The zero-order chi connectivity index (χ0) is 31.3. The molecule has 9 nitrogen and oxygen atoms in total. The Morgan fingerprint density at radius 1 is 0.841 bits per heavy atom. The molecule has 9 heteroatoms. The van der Waals surface area contributed by atoms with Gasteiger partial charge in [0.1, 0.15) is 17.6 Å². The molecule has 0 spiro atoms. The third-order valence-electron chi connectivity index (χ3n) is 7.86. The summed E-state index contributed by atoms with van der Waals surface area (Å²) in [4.78, 5) is 27.7. The zero-order valence-electron chi connectivity index (χ0n) is 26.4. The highest BCUT2D eigenvalue weighted by Gasteiger charge is 2.20. The molecule has 1 aliphatic rings. The van der Waals surface area contributed by atoms with Crippen LogP contribution in [0, 0.1) is 0 Å². The van der Waals surface area contributed by atoms with Crippen molar-refractivity contribution < 1.29 is 23.8 Å². The number of unbranched alkanes of at least 4 members (excludes halogenated alkanes) is 1. The number of ether oxygens (including phenoxy) is 3. The highest BCUT2D eigenvalue weighted by Crippen LogP contribution is 2.34. The number of likely N-dealkylation sites (tertiary alicyclic amines) is 1. The lowest BCUT2D eigenvalue weighted by Gasteiger charge is -2.32. The number of hydrogen-bond donors (Lipinski definition) is 3. The number of hydrogen-bond acceptors (Lipinski definition) is 6. The lowest BCUT2D eigenvalue weighted by atomic mass is 10.1. The maximum absolute atomic E-state index is 12.9. The van der Waals surface area contributed by atoms with Crippen molar-refractivity contribution in [2.24, 2.45) is 0 Å². The van der Waals surface area contributed by atoms with E-state index in [4.69, 9.17) is 14.2 Å². The monoisotopic (exact) mass is 602 g/mol. The summed E-state index contributed by atoms with van der Waals surface area (Å²) in [5.74, 6) is 2.10. The van der Waals surface area contributed by atoms with Gasteiger partial charge in [0.2, 0.25) is 0 Å². The summed E-state index contributed by atoms with van der Waals surface area (Å²) >= 11 is 0. The minimum absolute atomic E-state index is 0.123. The Morgan fingerprint density at radius 3 is 2.14 bits per heavy atom. The van der Waals surface area contributed by atoms with Gasteiger partial charge in [-0.15, -0.1) is 0 Å². The molecule has 0 bridgehead atoms. The Hall–Kier alpha value is -4.24. The second-order valence-corrected chi connectivity index (χ2v) is 11.1. The first-order valence-electron chi connectivity index (χ1n) is 15.7. The molecule has 0 radical (unpaired) electrons. The standard InChI is InChI=1S/C35H46N4O5/c1-5-8-21-39-22-19-31(20-23-39)43-29-16-11-27(12-17-29)36-34(40)25-9-14-30(15-10-25)44-32-18-13-28(24-33(32)42-4)38-35(41)37-26(6-2)7-3/h9-18,24,26,31H,5-8,19-23H2,1-4H3,(H,36,40)(H2,37,38,41). The number of carbonyl (C=O) groups excluding carboxylic acids is 2. The van der Waals surface area contributed by atoms with Gasteiger partial charge >= 0.3 is 6.03 Å². The van der Waals surface area contributed by atoms with Gasteiger partial charge in [0.05, 0.1) is 7.11 Å². The Labute approximate surface area is 261 Å². The van der Waals surface area contributed by atoms with E-state index in [1.165, 1.54) is 19.4 Å². The summed E-state index contributed by atoms with van der Waals surface area (Å²) in [7, 11) is 1.54. The Kier molecular flexibility index (Phi) is 12.3. The van der Waals surface area contributed by atoms with Crippen molar-refractivity contribution in [3.05, 3.63) is 72.3 Å². The summed E-state index contributed by atoms with van der Waals surface area (Å²) in [6, 6.07) is 19.5. The van der Waals surface area contributed by atoms with Crippen molar-refractivity contribution in [3.8, 4) is 23.0 Å². The van der Waals surface area contributed by atoms with Gasteiger partial charge in [0.25, 0.3) is 5.91 Å². The predicted molar refractivity (Wildman–Crippen MR) is 175 cm³/mol. The number of methoxy groups -OCH3 is 1. The Bertz CT molecular complexity index is 1330. The second kappa shape index (κ2) is 16.6. The third kappa shape index (κ3) is 9.64. The van der Waals surface area contributed by atoms with E-state index >= 15 is 0 Å². The van der Waals surface area contributed by atoms with Crippen LogP contribution >= 0.6 is 0 Å². The molecule has 0 atom stereocenters. The molecule has 236 valence electrons. The number of urea groups is 1. The molecule has 3 amide bonds. The van der Waals surface area contributed by atoms with E-state index in [1.807, 2.05) is 38.1 Å². The van der Waals surface area contributed by atoms with Gasteiger partial charge in [-0.05, 0) is 99.3 Å². The fourth-order valence-electron chi connectivity index (χ4n) is 5.12.